The number of alkyl halides is 7. The highest BCUT2D eigenvalue weighted by Gasteiger charge is 2.73. The first-order chi connectivity index (χ1) is 20.4. The van der Waals surface area contributed by atoms with E-state index in [9.17, 15) is 50.4 Å². The number of tetrazole rings is 1. The van der Waals surface area contributed by atoms with Gasteiger partial charge in [0.2, 0.25) is 11.1 Å². The molecule has 0 spiro atoms. The van der Waals surface area contributed by atoms with Gasteiger partial charge >= 0.3 is 24.1 Å². The van der Waals surface area contributed by atoms with Crippen molar-refractivity contribution in [3.8, 4) is 11.3 Å². The zero-order valence-electron chi connectivity index (χ0n) is 21.7. The third-order valence-electron chi connectivity index (χ3n) is 6.22. The Morgan fingerprint density at radius 2 is 1.86 bits per heavy atom. The lowest BCUT2D eigenvalue weighted by Gasteiger charge is -2.28. The number of amides is 2. The highest BCUT2D eigenvalue weighted by Crippen LogP contribution is 2.52. The standard InChI is InChI=1S/C22H16F8N8O5S/c1-9-8-43-19(40)36(9)2-3-37-18(33-34-35-37)44-16-12(5-11(38(41)42)6-13(16)17(31)39)15-14(23)4-10(7-32-15)20(24,25)21(26,27)22(28,29)30/h4-7,9H,2-3,8H2,1H3,(H2,31,39). The van der Waals surface area contributed by atoms with Crippen LogP contribution in [0.5, 0.6) is 0 Å². The van der Waals surface area contributed by atoms with Gasteiger partial charge in [0.15, 0.2) is 0 Å². The van der Waals surface area contributed by atoms with E-state index in [0.29, 0.717) is 23.9 Å². The first-order valence-electron chi connectivity index (χ1n) is 11.8. The van der Waals surface area contributed by atoms with Gasteiger partial charge in [0.25, 0.3) is 5.69 Å². The normalized spacial score (nSPS) is 15.9. The summed E-state index contributed by atoms with van der Waals surface area (Å²) in [6.07, 6.45) is -7.50. The van der Waals surface area contributed by atoms with Crippen LogP contribution in [0, 0.1) is 15.9 Å². The van der Waals surface area contributed by atoms with Crippen molar-refractivity contribution in [1.82, 2.24) is 30.1 Å². The molecule has 2 amide bonds. The highest BCUT2D eigenvalue weighted by atomic mass is 32.2. The summed E-state index contributed by atoms with van der Waals surface area (Å²) in [5, 5.41) is 22.3. The van der Waals surface area contributed by atoms with Crippen molar-refractivity contribution >= 4 is 29.4 Å². The molecule has 1 aliphatic heterocycles. The minimum atomic E-state index is -6.72. The maximum Gasteiger partial charge on any atom is 0.460 e. The lowest BCUT2D eigenvalue weighted by Crippen LogP contribution is -2.50. The molecular weight excluding hydrogens is 640 g/mol. The van der Waals surface area contributed by atoms with Crippen molar-refractivity contribution in [1.29, 1.82) is 0 Å². The number of non-ortho nitro benzene ring substituents is 1. The van der Waals surface area contributed by atoms with Gasteiger partial charge in [-0.2, -0.15) is 30.7 Å². The lowest BCUT2D eigenvalue weighted by molar-refractivity contribution is -0.384. The highest BCUT2D eigenvalue weighted by molar-refractivity contribution is 7.99. The number of primary amides is 1. The van der Waals surface area contributed by atoms with Crippen LogP contribution in [0.3, 0.4) is 0 Å². The number of aromatic nitrogens is 5. The van der Waals surface area contributed by atoms with E-state index in [2.05, 4.69) is 20.5 Å². The Balaban J connectivity index is 1.80. The number of hydrogen-bond acceptors (Lipinski definition) is 10. The van der Waals surface area contributed by atoms with Gasteiger partial charge in [-0.25, -0.2) is 13.9 Å². The van der Waals surface area contributed by atoms with E-state index in [-0.39, 0.29) is 43.2 Å². The number of halogens is 8. The number of nitro groups is 1. The molecule has 3 aromatic rings. The predicted octanol–water partition coefficient (Wildman–Crippen LogP) is 4.16. The zero-order chi connectivity index (χ0) is 32.8. The Bertz CT molecular complexity index is 1640. The van der Waals surface area contributed by atoms with Crippen LogP contribution in [-0.4, -0.2) is 78.3 Å². The van der Waals surface area contributed by atoms with Crippen LogP contribution >= 0.6 is 11.8 Å². The quantitative estimate of drug-likeness (QED) is 0.190. The summed E-state index contributed by atoms with van der Waals surface area (Å²) in [6.45, 7) is 1.80. The number of carbonyl (C=O) groups is 2. The average molecular weight is 656 g/mol. The third kappa shape index (κ3) is 5.79. The molecule has 1 unspecified atom stereocenters. The van der Waals surface area contributed by atoms with Gasteiger partial charge in [-0.3, -0.25) is 19.9 Å². The van der Waals surface area contributed by atoms with E-state index in [0.717, 1.165) is 4.68 Å². The number of pyridine rings is 1. The third-order valence-corrected chi connectivity index (χ3v) is 7.34. The predicted molar refractivity (Wildman–Crippen MR) is 129 cm³/mol. The molecule has 236 valence electrons. The fraction of sp³-hybridized carbons (Fsp3) is 0.364. The molecule has 4 rings (SSSR count). The smallest absolute Gasteiger partial charge is 0.447 e. The lowest BCUT2D eigenvalue weighted by atomic mass is 10.0. The van der Waals surface area contributed by atoms with Gasteiger partial charge < -0.3 is 15.4 Å². The molecule has 13 nitrogen and oxygen atoms in total. The van der Waals surface area contributed by atoms with Crippen molar-refractivity contribution in [3.05, 3.63) is 51.5 Å². The summed E-state index contributed by atoms with van der Waals surface area (Å²) >= 11 is 0.473. The van der Waals surface area contributed by atoms with Crippen LogP contribution in [-0.2, 0) is 17.2 Å². The summed E-state index contributed by atoms with van der Waals surface area (Å²) < 4.78 is 115. The monoisotopic (exact) mass is 656 g/mol. The number of cyclic esters (lactones) is 1. The minimum absolute atomic E-state index is 0.0306. The largest absolute Gasteiger partial charge is 0.460 e. The van der Waals surface area contributed by atoms with Gasteiger partial charge in [-0.1, -0.05) is 0 Å². The molecular formula is C22H16F8N8O5S. The maximum atomic E-state index is 15.2. The van der Waals surface area contributed by atoms with Crippen molar-refractivity contribution in [2.24, 2.45) is 5.73 Å². The molecule has 0 radical (unpaired) electrons. The van der Waals surface area contributed by atoms with Gasteiger partial charge in [0, 0.05) is 40.9 Å². The van der Waals surface area contributed by atoms with E-state index in [4.69, 9.17) is 10.5 Å². The number of nitrogens with zero attached hydrogens (tertiary/aromatic N) is 7. The van der Waals surface area contributed by atoms with E-state index < -0.39 is 73.7 Å². The Morgan fingerprint density at radius 1 is 1.18 bits per heavy atom. The molecule has 44 heavy (non-hydrogen) atoms. The number of hydrogen-bond donors (Lipinski definition) is 1. The number of nitro benzene ring substituents is 1. The van der Waals surface area contributed by atoms with Crippen LogP contribution in [0.15, 0.2) is 34.4 Å². The van der Waals surface area contributed by atoms with Crippen LogP contribution in [0.1, 0.15) is 22.8 Å². The Labute approximate surface area is 243 Å². The van der Waals surface area contributed by atoms with E-state index in [1.54, 1.807) is 6.92 Å². The molecule has 22 heteroatoms. The number of nitrogens with two attached hydrogens (primary N) is 1. The molecule has 0 saturated carbocycles. The molecule has 0 bridgehead atoms. The van der Waals surface area contributed by atoms with Gasteiger partial charge in [-0.15, -0.1) is 5.10 Å². The van der Waals surface area contributed by atoms with E-state index in [1.807, 2.05) is 0 Å². The van der Waals surface area contributed by atoms with E-state index >= 15 is 4.39 Å². The van der Waals surface area contributed by atoms with Gasteiger partial charge in [-0.05, 0) is 35.2 Å². The first kappa shape index (κ1) is 32.3. The molecule has 1 aliphatic rings. The van der Waals surface area contributed by atoms with Crippen molar-refractivity contribution in [2.75, 3.05) is 13.2 Å². The Morgan fingerprint density at radius 3 is 2.41 bits per heavy atom. The summed E-state index contributed by atoms with van der Waals surface area (Å²) in [4.78, 5) is 38.9. The number of benzene rings is 1. The fourth-order valence-electron chi connectivity index (χ4n) is 3.92. The number of rotatable bonds is 10. The van der Waals surface area contributed by atoms with E-state index in [1.165, 1.54) is 4.90 Å². The van der Waals surface area contributed by atoms with Crippen molar-refractivity contribution in [2.45, 2.75) is 47.6 Å². The van der Waals surface area contributed by atoms with Crippen LogP contribution in [0.4, 0.5) is 45.6 Å². The molecule has 2 aromatic heterocycles. The van der Waals surface area contributed by atoms with Crippen LogP contribution in [0.25, 0.3) is 11.3 Å². The van der Waals surface area contributed by atoms with Crippen LogP contribution < -0.4 is 5.73 Å². The second-order valence-electron chi connectivity index (χ2n) is 9.10. The minimum Gasteiger partial charge on any atom is -0.447 e. The summed E-state index contributed by atoms with van der Waals surface area (Å²) in [5.74, 6) is -15.8. The fourth-order valence-corrected chi connectivity index (χ4v) is 4.94. The first-order valence-corrected chi connectivity index (χ1v) is 12.7. The summed E-state index contributed by atoms with van der Waals surface area (Å²) in [7, 11) is 0. The van der Waals surface area contributed by atoms with Gasteiger partial charge in [0.05, 0.1) is 23.1 Å². The zero-order valence-corrected chi connectivity index (χ0v) is 22.5. The number of ether oxygens (including phenoxy) is 1. The summed E-state index contributed by atoms with van der Waals surface area (Å²) in [6, 6.07) is 0.685. The molecule has 1 atom stereocenters. The topological polar surface area (TPSA) is 172 Å². The second kappa shape index (κ2) is 11.5. The molecule has 1 saturated heterocycles. The van der Waals surface area contributed by atoms with Crippen LogP contribution in [0.2, 0.25) is 0 Å². The van der Waals surface area contributed by atoms with Crippen molar-refractivity contribution in [3.63, 3.8) is 0 Å². The summed E-state index contributed by atoms with van der Waals surface area (Å²) in [5.41, 5.74) is -0.00783. The van der Waals surface area contributed by atoms with Gasteiger partial charge in [0.1, 0.15) is 18.1 Å². The molecule has 3 heterocycles. The molecule has 2 N–H and O–H groups in total. The molecule has 1 fully saturated rings. The number of carbonyl (C=O) groups excluding carboxylic acids is 2. The Kier molecular flexibility index (Phi) is 8.41. The second-order valence-corrected chi connectivity index (χ2v) is 10.1. The van der Waals surface area contributed by atoms with Crippen molar-refractivity contribution < 1.29 is 54.4 Å². The Hall–Kier alpha value is -4.63. The SMILES string of the molecule is CC1COC(=O)N1CCn1nnnc1Sc1c(C(N)=O)cc([N+](=O)[O-])cc1-c1ncc(C(F)(F)C(F)(F)C(F)(F)F)cc1F. The molecule has 1 aromatic carbocycles. The molecule has 0 aliphatic carbocycles. The average Bonchev–Trinajstić information content (AvgIpc) is 3.51. The maximum absolute atomic E-state index is 15.2.